The standard InChI is InChI=1S/C29H33N3O4/c1-31(19-22-7-9-24(10-8-22)29(34)35)20-23-15-17-32(18-16-23)21-28(33)30-25-11-13-27(14-12-25)36-26-5-3-2-4-6-26/h2-14,23H,15-21H2,1H3,(H,30,33)(H,34,35). The lowest BCUT2D eigenvalue weighted by atomic mass is 9.96. The van der Waals surface area contributed by atoms with E-state index in [1.54, 1.807) is 12.1 Å². The molecule has 0 saturated carbocycles. The van der Waals surface area contributed by atoms with Crippen LogP contribution in [-0.2, 0) is 11.3 Å². The minimum Gasteiger partial charge on any atom is -0.478 e. The number of carboxylic acid groups (broad SMARTS) is 1. The number of nitrogens with one attached hydrogen (secondary N) is 1. The van der Waals surface area contributed by atoms with Crippen LogP contribution in [0.1, 0.15) is 28.8 Å². The second kappa shape index (κ2) is 12.3. The Kier molecular flexibility index (Phi) is 8.71. The summed E-state index contributed by atoms with van der Waals surface area (Å²) in [6.45, 7) is 3.97. The van der Waals surface area contributed by atoms with Crippen LogP contribution < -0.4 is 10.1 Å². The van der Waals surface area contributed by atoms with Crippen molar-refractivity contribution < 1.29 is 19.4 Å². The maximum atomic E-state index is 12.6. The summed E-state index contributed by atoms with van der Waals surface area (Å²) in [5, 5.41) is 12.0. The third-order valence-corrected chi connectivity index (χ3v) is 6.41. The van der Waals surface area contributed by atoms with E-state index >= 15 is 0 Å². The van der Waals surface area contributed by atoms with Gasteiger partial charge in [-0.1, -0.05) is 30.3 Å². The van der Waals surface area contributed by atoms with Crippen molar-refractivity contribution in [3.05, 3.63) is 90.0 Å². The molecule has 188 valence electrons. The first kappa shape index (κ1) is 25.4. The zero-order chi connectivity index (χ0) is 25.3. The molecule has 0 unspecified atom stereocenters. The number of nitrogens with zero attached hydrogens (tertiary/aromatic N) is 2. The van der Waals surface area contributed by atoms with E-state index in [1.807, 2.05) is 66.7 Å². The maximum Gasteiger partial charge on any atom is 0.335 e. The summed E-state index contributed by atoms with van der Waals surface area (Å²) in [5.74, 6) is 1.18. The average Bonchev–Trinajstić information content (AvgIpc) is 2.87. The number of carbonyl (C=O) groups excluding carboxylic acids is 1. The fourth-order valence-electron chi connectivity index (χ4n) is 4.53. The van der Waals surface area contributed by atoms with Crippen LogP contribution in [0.25, 0.3) is 0 Å². The number of rotatable bonds is 10. The summed E-state index contributed by atoms with van der Waals surface area (Å²) in [6.07, 6.45) is 2.11. The number of ether oxygens (including phenoxy) is 1. The van der Waals surface area contributed by atoms with Crippen LogP contribution in [0.3, 0.4) is 0 Å². The van der Waals surface area contributed by atoms with E-state index in [2.05, 4.69) is 22.2 Å². The van der Waals surface area contributed by atoms with E-state index in [0.29, 0.717) is 18.0 Å². The van der Waals surface area contributed by atoms with Crippen LogP contribution in [0, 0.1) is 5.92 Å². The number of carboxylic acids is 1. The monoisotopic (exact) mass is 487 g/mol. The molecule has 0 aromatic heterocycles. The molecule has 4 rings (SSSR count). The van der Waals surface area contributed by atoms with E-state index in [9.17, 15) is 9.59 Å². The van der Waals surface area contributed by atoms with Crippen LogP contribution in [0.4, 0.5) is 5.69 Å². The van der Waals surface area contributed by atoms with Crippen molar-refractivity contribution in [2.75, 3.05) is 38.5 Å². The minimum atomic E-state index is -0.901. The van der Waals surface area contributed by atoms with Crippen LogP contribution >= 0.6 is 0 Å². The minimum absolute atomic E-state index is 0.00731. The second-order valence-electron chi connectivity index (χ2n) is 9.41. The topological polar surface area (TPSA) is 82.1 Å². The Morgan fingerprint density at radius 1 is 0.944 bits per heavy atom. The molecule has 1 saturated heterocycles. The SMILES string of the molecule is CN(Cc1ccc(C(=O)O)cc1)CC1CCN(CC(=O)Nc2ccc(Oc3ccccc3)cc2)CC1. The Morgan fingerprint density at radius 2 is 1.58 bits per heavy atom. The van der Waals surface area contributed by atoms with Gasteiger partial charge in [0.2, 0.25) is 5.91 Å². The highest BCUT2D eigenvalue weighted by Gasteiger charge is 2.22. The molecule has 3 aromatic carbocycles. The van der Waals surface area contributed by atoms with E-state index in [0.717, 1.165) is 61.8 Å². The second-order valence-corrected chi connectivity index (χ2v) is 9.41. The van der Waals surface area contributed by atoms with E-state index in [4.69, 9.17) is 9.84 Å². The number of aromatic carboxylic acids is 1. The highest BCUT2D eigenvalue weighted by molar-refractivity contribution is 5.92. The number of piperidine rings is 1. The van der Waals surface area contributed by atoms with Gasteiger partial charge in [0, 0.05) is 18.8 Å². The predicted molar refractivity (Wildman–Crippen MR) is 140 cm³/mol. The molecule has 0 atom stereocenters. The molecule has 3 aromatic rings. The van der Waals surface area contributed by atoms with E-state index in [-0.39, 0.29) is 5.91 Å². The first-order valence-electron chi connectivity index (χ1n) is 12.3. The Bertz CT molecular complexity index is 1130. The summed E-state index contributed by atoms with van der Waals surface area (Å²) in [4.78, 5) is 28.1. The normalized spacial score (nSPS) is 14.5. The zero-order valence-electron chi connectivity index (χ0n) is 20.6. The molecule has 7 nitrogen and oxygen atoms in total. The molecule has 0 aliphatic carbocycles. The molecule has 0 radical (unpaired) electrons. The summed E-state index contributed by atoms with van der Waals surface area (Å²) >= 11 is 0. The van der Waals surface area contributed by atoms with Gasteiger partial charge in [0.25, 0.3) is 0 Å². The van der Waals surface area contributed by atoms with Crippen molar-refractivity contribution in [2.24, 2.45) is 5.92 Å². The summed E-state index contributed by atoms with van der Waals surface area (Å²) < 4.78 is 5.80. The van der Waals surface area contributed by atoms with E-state index < -0.39 is 5.97 Å². The summed E-state index contributed by atoms with van der Waals surface area (Å²) in [5.41, 5.74) is 2.18. The Labute approximate surface area is 212 Å². The molecular weight excluding hydrogens is 454 g/mol. The number of hydrogen-bond donors (Lipinski definition) is 2. The largest absolute Gasteiger partial charge is 0.478 e. The van der Waals surface area contributed by atoms with Gasteiger partial charge in [0.15, 0.2) is 0 Å². The third-order valence-electron chi connectivity index (χ3n) is 6.41. The molecule has 0 bridgehead atoms. The zero-order valence-corrected chi connectivity index (χ0v) is 20.6. The average molecular weight is 488 g/mol. The number of likely N-dealkylation sites (tertiary alicyclic amines) is 1. The maximum absolute atomic E-state index is 12.6. The predicted octanol–water partition coefficient (Wildman–Crippen LogP) is 4.96. The number of para-hydroxylation sites is 1. The van der Waals surface area contributed by atoms with Gasteiger partial charge in [0.05, 0.1) is 12.1 Å². The van der Waals surface area contributed by atoms with Crippen molar-refractivity contribution in [3.8, 4) is 11.5 Å². The van der Waals surface area contributed by atoms with Crippen LogP contribution in [0.15, 0.2) is 78.9 Å². The van der Waals surface area contributed by atoms with Crippen LogP contribution in [0.2, 0.25) is 0 Å². The number of benzene rings is 3. The molecule has 1 aliphatic rings. The molecular formula is C29H33N3O4. The summed E-state index contributed by atoms with van der Waals surface area (Å²) in [6, 6.07) is 24.1. The molecule has 1 aliphatic heterocycles. The molecule has 0 spiro atoms. The third kappa shape index (κ3) is 7.66. The molecule has 1 fully saturated rings. The van der Waals surface area contributed by atoms with E-state index in [1.165, 1.54) is 0 Å². The quantitative estimate of drug-likeness (QED) is 0.421. The molecule has 1 amide bonds. The van der Waals surface area contributed by atoms with Gasteiger partial charge in [-0.2, -0.15) is 0 Å². The smallest absolute Gasteiger partial charge is 0.335 e. The fraction of sp³-hybridized carbons (Fsp3) is 0.310. The Morgan fingerprint density at radius 3 is 2.22 bits per heavy atom. The van der Waals surface area contributed by atoms with Crippen LogP contribution in [0.5, 0.6) is 11.5 Å². The van der Waals surface area contributed by atoms with Gasteiger partial charge in [0.1, 0.15) is 11.5 Å². The lowest BCUT2D eigenvalue weighted by Gasteiger charge is -2.33. The Balaban J connectivity index is 1.16. The molecule has 1 heterocycles. The van der Waals surface area contributed by atoms with Crippen LogP contribution in [-0.4, -0.2) is 60.0 Å². The van der Waals surface area contributed by atoms with Gasteiger partial charge in [-0.3, -0.25) is 9.69 Å². The fourth-order valence-corrected chi connectivity index (χ4v) is 4.53. The van der Waals surface area contributed by atoms with Gasteiger partial charge < -0.3 is 20.1 Å². The summed E-state index contributed by atoms with van der Waals surface area (Å²) in [7, 11) is 2.10. The van der Waals surface area contributed by atoms with Gasteiger partial charge in [-0.15, -0.1) is 0 Å². The molecule has 7 heteroatoms. The van der Waals surface area contributed by atoms with Crippen molar-refractivity contribution in [3.63, 3.8) is 0 Å². The van der Waals surface area contributed by atoms with Crippen molar-refractivity contribution in [2.45, 2.75) is 19.4 Å². The Hall–Kier alpha value is -3.68. The number of carbonyl (C=O) groups is 2. The van der Waals surface area contributed by atoms with Gasteiger partial charge in [-0.25, -0.2) is 4.79 Å². The lowest BCUT2D eigenvalue weighted by molar-refractivity contribution is -0.117. The first-order valence-corrected chi connectivity index (χ1v) is 12.3. The number of amides is 1. The van der Waals surface area contributed by atoms with Crippen molar-refractivity contribution >= 4 is 17.6 Å². The molecule has 2 N–H and O–H groups in total. The first-order chi connectivity index (χ1) is 17.4. The molecule has 36 heavy (non-hydrogen) atoms. The number of hydrogen-bond acceptors (Lipinski definition) is 5. The highest BCUT2D eigenvalue weighted by Crippen LogP contribution is 2.23. The van der Waals surface area contributed by atoms with Crippen molar-refractivity contribution in [1.29, 1.82) is 0 Å². The van der Waals surface area contributed by atoms with Gasteiger partial charge >= 0.3 is 5.97 Å². The van der Waals surface area contributed by atoms with Gasteiger partial charge in [-0.05, 0) is 93.0 Å². The highest BCUT2D eigenvalue weighted by atomic mass is 16.5. The van der Waals surface area contributed by atoms with Crippen molar-refractivity contribution in [1.82, 2.24) is 9.80 Å². The lowest BCUT2D eigenvalue weighted by Crippen LogP contribution is -2.41. The number of anilines is 1.